The second-order valence-electron chi connectivity index (χ2n) is 8.59. The number of nitrogens with zero attached hydrogens (tertiary/aromatic N) is 2. The summed E-state index contributed by atoms with van der Waals surface area (Å²) in [6.45, 7) is 5.33. The molecule has 2 aromatic carbocycles. The summed E-state index contributed by atoms with van der Waals surface area (Å²) in [4.78, 5) is 32.5. The van der Waals surface area contributed by atoms with Gasteiger partial charge < -0.3 is 15.1 Å². The number of nitrogens with one attached hydrogen (secondary N) is 1. The summed E-state index contributed by atoms with van der Waals surface area (Å²) in [7, 11) is 0. The Bertz CT molecular complexity index is 1070. The average Bonchev–Trinajstić information content (AvgIpc) is 3.59. The lowest BCUT2D eigenvalue weighted by Crippen LogP contribution is -2.45. The number of hydrogen-bond donors (Lipinski definition) is 1. The fourth-order valence-corrected chi connectivity index (χ4v) is 4.72. The number of aryl methyl sites for hydroxylation is 2. The maximum absolute atomic E-state index is 13.5. The summed E-state index contributed by atoms with van der Waals surface area (Å²) < 4.78 is 0. The van der Waals surface area contributed by atoms with Crippen molar-refractivity contribution < 1.29 is 9.59 Å². The monoisotopic (exact) mass is 461 g/mol. The molecule has 1 aliphatic carbocycles. The maximum Gasteiger partial charge on any atom is 0.322 e. The molecule has 0 radical (unpaired) electrons. The normalized spacial score (nSPS) is 12.9. The zero-order chi connectivity index (χ0) is 23.2. The molecular formula is C27H31N3O2S. The van der Waals surface area contributed by atoms with Crippen LogP contribution < -0.4 is 5.32 Å². The fraction of sp³-hybridized carbons (Fsp3) is 0.333. The number of thiophene rings is 1. The average molecular weight is 462 g/mol. The van der Waals surface area contributed by atoms with Crippen LogP contribution in [0, 0.1) is 6.92 Å². The van der Waals surface area contributed by atoms with Crippen LogP contribution in [0.3, 0.4) is 0 Å². The Morgan fingerprint density at radius 2 is 1.67 bits per heavy atom. The van der Waals surface area contributed by atoms with Gasteiger partial charge in [-0.3, -0.25) is 4.79 Å². The summed E-state index contributed by atoms with van der Waals surface area (Å²) in [6.07, 6.45) is 2.84. The van der Waals surface area contributed by atoms with Crippen molar-refractivity contribution in [2.24, 2.45) is 0 Å². The highest BCUT2D eigenvalue weighted by atomic mass is 32.1. The van der Waals surface area contributed by atoms with Crippen molar-refractivity contribution in [1.29, 1.82) is 0 Å². The lowest BCUT2D eigenvalue weighted by Gasteiger charge is -2.28. The predicted molar refractivity (Wildman–Crippen MR) is 134 cm³/mol. The van der Waals surface area contributed by atoms with Crippen LogP contribution in [-0.2, 0) is 24.3 Å². The van der Waals surface area contributed by atoms with Gasteiger partial charge in [0.1, 0.15) is 6.54 Å². The van der Waals surface area contributed by atoms with Crippen LogP contribution in [0.5, 0.6) is 0 Å². The molecule has 0 aliphatic heterocycles. The van der Waals surface area contributed by atoms with Crippen molar-refractivity contribution in [2.45, 2.75) is 52.2 Å². The largest absolute Gasteiger partial charge is 0.332 e. The van der Waals surface area contributed by atoms with Crippen molar-refractivity contribution in [3.8, 4) is 0 Å². The van der Waals surface area contributed by atoms with E-state index in [1.807, 2.05) is 59.5 Å². The first-order chi connectivity index (χ1) is 16.0. The molecule has 1 aliphatic rings. The third-order valence-electron chi connectivity index (χ3n) is 5.88. The van der Waals surface area contributed by atoms with E-state index in [4.69, 9.17) is 0 Å². The van der Waals surface area contributed by atoms with Crippen LogP contribution in [0.4, 0.5) is 10.5 Å². The van der Waals surface area contributed by atoms with E-state index in [1.54, 1.807) is 16.2 Å². The predicted octanol–water partition coefficient (Wildman–Crippen LogP) is 5.84. The fourth-order valence-electron chi connectivity index (χ4n) is 3.81. The minimum absolute atomic E-state index is 0.0340. The van der Waals surface area contributed by atoms with E-state index < -0.39 is 0 Å². The molecule has 5 nitrogen and oxygen atoms in total. The standard InChI is InChI=1S/C27H31N3O2S/c1-3-21-10-12-23(13-11-21)28-27(32)30(24-14-15-24)19-26(31)29(17-22-7-5-4-6-8-22)18-25-16-9-20(2)33-25/h4-13,16,24H,3,14-15,17-19H2,1-2H3,(H,28,32). The van der Waals surface area contributed by atoms with E-state index in [1.165, 1.54) is 10.4 Å². The first-order valence-corrected chi connectivity index (χ1v) is 12.4. The van der Waals surface area contributed by atoms with Crippen LogP contribution in [0.2, 0.25) is 0 Å². The Hall–Kier alpha value is -3.12. The van der Waals surface area contributed by atoms with E-state index in [0.29, 0.717) is 13.1 Å². The van der Waals surface area contributed by atoms with Gasteiger partial charge in [0.05, 0.1) is 6.54 Å². The van der Waals surface area contributed by atoms with Gasteiger partial charge >= 0.3 is 6.03 Å². The van der Waals surface area contributed by atoms with E-state index >= 15 is 0 Å². The minimum Gasteiger partial charge on any atom is -0.332 e. The molecule has 6 heteroatoms. The zero-order valence-electron chi connectivity index (χ0n) is 19.3. The van der Waals surface area contributed by atoms with E-state index in [0.717, 1.165) is 35.4 Å². The second-order valence-corrected chi connectivity index (χ2v) is 9.96. The molecule has 0 unspecified atom stereocenters. The van der Waals surface area contributed by atoms with Gasteiger partial charge in [0.2, 0.25) is 5.91 Å². The maximum atomic E-state index is 13.5. The quantitative estimate of drug-likeness (QED) is 0.435. The van der Waals surface area contributed by atoms with Crippen LogP contribution in [0.25, 0.3) is 0 Å². The molecule has 3 aromatic rings. The first-order valence-electron chi connectivity index (χ1n) is 11.6. The number of carbonyl (C=O) groups is 2. The highest BCUT2D eigenvalue weighted by Gasteiger charge is 2.35. The molecule has 33 heavy (non-hydrogen) atoms. The van der Waals surface area contributed by atoms with Gasteiger partial charge in [0.15, 0.2) is 0 Å². The molecule has 1 heterocycles. The number of amides is 3. The number of anilines is 1. The minimum atomic E-state index is -0.207. The number of urea groups is 1. The summed E-state index contributed by atoms with van der Waals surface area (Å²) in [6, 6.07) is 22.0. The van der Waals surface area contributed by atoms with Crippen molar-refractivity contribution in [2.75, 3.05) is 11.9 Å². The van der Waals surface area contributed by atoms with E-state index in [9.17, 15) is 9.59 Å². The highest BCUT2D eigenvalue weighted by Crippen LogP contribution is 2.28. The lowest BCUT2D eigenvalue weighted by atomic mass is 10.1. The highest BCUT2D eigenvalue weighted by molar-refractivity contribution is 7.11. The van der Waals surface area contributed by atoms with E-state index in [2.05, 4.69) is 31.3 Å². The number of rotatable bonds is 9. The van der Waals surface area contributed by atoms with Gasteiger partial charge in [-0.1, -0.05) is 49.4 Å². The molecule has 1 N–H and O–H groups in total. The molecule has 0 atom stereocenters. The molecule has 172 valence electrons. The summed E-state index contributed by atoms with van der Waals surface area (Å²) in [5, 5.41) is 2.98. The molecule has 4 rings (SSSR count). The summed E-state index contributed by atoms with van der Waals surface area (Å²) >= 11 is 1.71. The van der Waals surface area contributed by atoms with Gasteiger partial charge in [-0.2, -0.15) is 0 Å². The molecule has 0 bridgehead atoms. The van der Waals surface area contributed by atoms with Gasteiger partial charge in [-0.25, -0.2) is 4.79 Å². The van der Waals surface area contributed by atoms with Crippen LogP contribution in [-0.4, -0.2) is 34.3 Å². The van der Waals surface area contributed by atoms with Crippen molar-refractivity contribution in [3.63, 3.8) is 0 Å². The second kappa shape index (κ2) is 10.7. The summed E-state index contributed by atoms with van der Waals surface area (Å²) in [5.41, 5.74) is 3.06. The van der Waals surface area contributed by atoms with Gasteiger partial charge in [-0.15, -0.1) is 11.3 Å². The van der Waals surface area contributed by atoms with Gasteiger partial charge in [-0.05, 0) is 61.6 Å². The Kier molecular flexibility index (Phi) is 7.45. The Labute approximate surface area is 200 Å². The first kappa shape index (κ1) is 23.1. The number of benzene rings is 2. The van der Waals surface area contributed by atoms with Gasteiger partial charge in [0.25, 0.3) is 0 Å². The molecule has 1 fully saturated rings. The number of hydrogen-bond acceptors (Lipinski definition) is 3. The van der Waals surface area contributed by atoms with Crippen molar-refractivity contribution in [1.82, 2.24) is 9.80 Å². The van der Waals surface area contributed by atoms with Crippen molar-refractivity contribution >= 4 is 29.0 Å². The van der Waals surface area contributed by atoms with Crippen LogP contribution >= 0.6 is 11.3 Å². The number of carbonyl (C=O) groups excluding carboxylic acids is 2. The molecule has 1 aromatic heterocycles. The van der Waals surface area contributed by atoms with Crippen LogP contribution in [0.1, 0.15) is 40.6 Å². The third-order valence-corrected chi connectivity index (χ3v) is 6.86. The molecule has 3 amide bonds. The van der Waals surface area contributed by atoms with Gasteiger partial charge in [0, 0.05) is 28.0 Å². The van der Waals surface area contributed by atoms with Crippen LogP contribution in [0.15, 0.2) is 66.7 Å². The Morgan fingerprint density at radius 3 is 2.27 bits per heavy atom. The summed E-state index contributed by atoms with van der Waals surface area (Å²) in [5.74, 6) is -0.0340. The molecule has 1 saturated carbocycles. The molecular weight excluding hydrogens is 430 g/mol. The Balaban J connectivity index is 1.46. The SMILES string of the molecule is CCc1ccc(NC(=O)N(CC(=O)N(Cc2ccccc2)Cc2ccc(C)s2)C2CC2)cc1. The zero-order valence-corrected chi connectivity index (χ0v) is 20.1. The smallest absolute Gasteiger partial charge is 0.322 e. The molecule has 0 saturated heterocycles. The Morgan fingerprint density at radius 1 is 0.939 bits per heavy atom. The van der Waals surface area contributed by atoms with Crippen molar-refractivity contribution in [3.05, 3.63) is 87.6 Å². The molecule has 0 spiro atoms. The lowest BCUT2D eigenvalue weighted by molar-refractivity contribution is -0.133. The third kappa shape index (κ3) is 6.45. The topological polar surface area (TPSA) is 52.7 Å². The van der Waals surface area contributed by atoms with E-state index in [-0.39, 0.29) is 24.5 Å².